The van der Waals surface area contributed by atoms with Gasteiger partial charge in [-0.15, -0.1) is 0 Å². The highest BCUT2D eigenvalue weighted by atomic mass is 16.5. The summed E-state index contributed by atoms with van der Waals surface area (Å²) in [5, 5.41) is 3.02. The Morgan fingerprint density at radius 1 is 1.41 bits per heavy atom. The van der Waals surface area contributed by atoms with Gasteiger partial charge >= 0.3 is 0 Å². The van der Waals surface area contributed by atoms with Gasteiger partial charge in [-0.3, -0.25) is 9.59 Å². The Balaban J connectivity index is 1.58. The van der Waals surface area contributed by atoms with Crippen LogP contribution >= 0.6 is 0 Å². The van der Waals surface area contributed by atoms with E-state index in [0.29, 0.717) is 11.8 Å². The molecule has 0 spiro atoms. The molecule has 1 heterocycles. The normalized spacial score (nSPS) is 25.5. The summed E-state index contributed by atoms with van der Waals surface area (Å²) in [5.41, 5.74) is 0.592. The molecule has 2 aliphatic rings. The van der Waals surface area contributed by atoms with Crippen molar-refractivity contribution in [3.8, 4) is 5.75 Å². The number of carbonyl (C=O) groups is 1. The van der Waals surface area contributed by atoms with Gasteiger partial charge in [-0.25, -0.2) is 0 Å². The van der Waals surface area contributed by atoms with Gasteiger partial charge in [0.15, 0.2) is 5.75 Å². The molecule has 0 unspecified atom stereocenters. The number of allylic oxidation sites excluding steroid dienone is 2. The average Bonchev–Trinajstić information content (AvgIpc) is 3.10. The standard InChI is InChI=1S/C17H22N2O3/c1-11-5-15(20)16(22-2)9-19(11)10-17(21)18-8-14-7-12-3-4-13(14)6-12/h3-5,9,12-14H,6-8,10H2,1-2H3,(H,18,21)/t12-,13-,14+/m0/s1. The summed E-state index contributed by atoms with van der Waals surface area (Å²) in [4.78, 5) is 23.8. The molecule has 1 fully saturated rings. The first-order valence-electron chi connectivity index (χ1n) is 7.77. The zero-order chi connectivity index (χ0) is 15.7. The summed E-state index contributed by atoms with van der Waals surface area (Å²) >= 11 is 0. The molecule has 2 aliphatic carbocycles. The van der Waals surface area contributed by atoms with Crippen molar-refractivity contribution >= 4 is 5.91 Å². The van der Waals surface area contributed by atoms with Gasteiger partial charge in [0.25, 0.3) is 0 Å². The molecule has 3 rings (SSSR count). The van der Waals surface area contributed by atoms with Crippen molar-refractivity contribution in [1.29, 1.82) is 0 Å². The second-order valence-electron chi connectivity index (χ2n) is 6.32. The summed E-state index contributed by atoms with van der Waals surface area (Å²) in [6, 6.07) is 1.49. The van der Waals surface area contributed by atoms with Gasteiger partial charge in [-0.05, 0) is 37.5 Å². The molecular formula is C17H22N2O3. The van der Waals surface area contributed by atoms with Crippen LogP contribution in [0.25, 0.3) is 0 Å². The zero-order valence-electron chi connectivity index (χ0n) is 13.0. The summed E-state index contributed by atoms with van der Waals surface area (Å²) < 4.78 is 6.77. The highest BCUT2D eigenvalue weighted by molar-refractivity contribution is 5.75. The molecule has 1 aromatic rings. The van der Waals surface area contributed by atoms with E-state index in [2.05, 4.69) is 17.5 Å². The van der Waals surface area contributed by atoms with Gasteiger partial charge in [-0.1, -0.05) is 12.2 Å². The van der Waals surface area contributed by atoms with Gasteiger partial charge in [0.1, 0.15) is 6.54 Å². The van der Waals surface area contributed by atoms with E-state index in [1.54, 1.807) is 10.8 Å². The van der Waals surface area contributed by atoms with Gasteiger partial charge in [0.05, 0.1) is 13.3 Å². The smallest absolute Gasteiger partial charge is 0.239 e. The first-order chi connectivity index (χ1) is 10.6. The highest BCUT2D eigenvalue weighted by Crippen LogP contribution is 2.42. The minimum Gasteiger partial charge on any atom is -0.491 e. The maximum Gasteiger partial charge on any atom is 0.239 e. The van der Waals surface area contributed by atoms with E-state index in [1.165, 1.54) is 26.0 Å². The Hall–Kier alpha value is -2.04. The van der Waals surface area contributed by atoms with Crippen LogP contribution in [0.1, 0.15) is 18.5 Å². The quantitative estimate of drug-likeness (QED) is 0.838. The fourth-order valence-electron chi connectivity index (χ4n) is 3.56. The molecule has 2 bridgehead atoms. The van der Waals surface area contributed by atoms with Crippen LogP contribution in [0.15, 0.2) is 29.2 Å². The van der Waals surface area contributed by atoms with Crippen molar-refractivity contribution in [3.63, 3.8) is 0 Å². The lowest BCUT2D eigenvalue weighted by molar-refractivity contribution is -0.121. The van der Waals surface area contributed by atoms with Gasteiger partial charge < -0.3 is 14.6 Å². The number of hydrogen-bond acceptors (Lipinski definition) is 3. The number of methoxy groups -OCH3 is 1. The Bertz CT molecular complexity index is 662. The first-order valence-corrected chi connectivity index (χ1v) is 7.77. The molecule has 1 amide bonds. The van der Waals surface area contributed by atoms with E-state index in [9.17, 15) is 9.59 Å². The number of rotatable bonds is 5. The van der Waals surface area contributed by atoms with E-state index in [0.717, 1.165) is 18.2 Å². The Kier molecular flexibility index (Phi) is 4.05. The second kappa shape index (κ2) is 5.99. The van der Waals surface area contributed by atoms with Crippen LogP contribution < -0.4 is 15.5 Å². The fraction of sp³-hybridized carbons (Fsp3) is 0.529. The maximum absolute atomic E-state index is 12.1. The molecule has 0 aliphatic heterocycles. The molecule has 118 valence electrons. The van der Waals surface area contributed by atoms with Crippen molar-refractivity contribution in [3.05, 3.63) is 40.3 Å². The fourth-order valence-corrected chi connectivity index (χ4v) is 3.56. The predicted octanol–water partition coefficient (Wildman–Crippen LogP) is 1.49. The van der Waals surface area contributed by atoms with E-state index in [4.69, 9.17) is 4.74 Å². The van der Waals surface area contributed by atoms with Crippen molar-refractivity contribution in [2.45, 2.75) is 26.3 Å². The molecule has 5 nitrogen and oxygen atoms in total. The highest BCUT2D eigenvalue weighted by Gasteiger charge is 2.35. The largest absolute Gasteiger partial charge is 0.491 e. The maximum atomic E-state index is 12.1. The van der Waals surface area contributed by atoms with Crippen molar-refractivity contribution < 1.29 is 9.53 Å². The molecule has 1 saturated carbocycles. The number of fused-ring (bicyclic) bond motifs is 2. The van der Waals surface area contributed by atoms with Crippen molar-refractivity contribution in [2.24, 2.45) is 17.8 Å². The van der Waals surface area contributed by atoms with Crippen molar-refractivity contribution in [2.75, 3.05) is 13.7 Å². The van der Waals surface area contributed by atoms with Gasteiger partial charge in [0, 0.05) is 18.3 Å². The summed E-state index contributed by atoms with van der Waals surface area (Å²) in [6.45, 7) is 2.76. The zero-order valence-corrected chi connectivity index (χ0v) is 13.0. The van der Waals surface area contributed by atoms with E-state index < -0.39 is 0 Å². The Morgan fingerprint density at radius 2 is 2.23 bits per heavy atom. The lowest BCUT2D eigenvalue weighted by atomic mass is 9.94. The average molecular weight is 302 g/mol. The Morgan fingerprint density at radius 3 is 2.86 bits per heavy atom. The number of hydrogen-bond donors (Lipinski definition) is 1. The topological polar surface area (TPSA) is 60.3 Å². The second-order valence-corrected chi connectivity index (χ2v) is 6.32. The summed E-state index contributed by atoms with van der Waals surface area (Å²) in [5.74, 6) is 2.16. The number of carbonyl (C=O) groups excluding carboxylic acids is 1. The molecule has 22 heavy (non-hydrogen) atoms. The monoisotopic (exact) mass is 302 g/mol. The number of nitrogens with one attached hydrogen (secondary N) is 1. The third kappa shape index (κ3) is 2.93. The predicted molar refractivity (Wildman–Crippen MR) is 83.8 cm³/mol. The van der Waals surface area contributed by atoms with Crippen LogP contribution in [0, 0.1) is 24.7 Å². The molecule has 0 aromatic carbocycles. The molecule has 0 radical (unpaired) electrons. The SMILES string of the molecule is COc1cn(CC(=O)NC[C@H]2C[C@H]3C=C[C@H]2C3)c(C)cc1=O. The molecule has 0 saturated heterocycles. The Labute approximate surface area is 130 Å². The van der Waals surface area contributed by atoms with Gasteiger partial charge in [-0.2, -0.15) is 0 Å². The van der Waals surface area contributed by atoms with Crippen LogP contribution in [-0.2, 0) is 11.3 Å². The third-order valence-electron chi connectivity index (χ3n) is 4.82. The van der Waals surface area contributed by atoms with E-state index in [-0.39, 0.29) is 23.6 Å². The number of ether oxygens (including phenoxy) is 1. The van der Waals surface area contributed by atoms with Crippen LogP contribution in [0.5, 0.6) is 5.75 Å². The number of aromatic nitrogens is 1. The third-order valence-corrected chi connectivity index (χ3v) is 4.82. The summed E-state index contributed by atoms with van der Waals surface area (Å²) in [7, 11) is 1.46. The van der Waals surface area contributed by atoms with Gasteiger partial charge in [0.2, 0.25) is 11.3 Å². The van der Waals surface area contributed by atoms with Crippen LogP contribution in [0.2, 0.25) is 0 Å². The molecular weight excluding hydrogens is 280 g/mol. The first kappa shape index (κ1) is 14.9. The minimum absolute atomic E-state index is 0.0273. The number of nitrogens with zero attached hydrogens (tertiary/aromatic N) is 1. The molecule has 1 aromatic heterocycles. The molecule has 3 atom stereocenters. The number of aryl methyl sites for hydroxylation is 1. The number of pyridine rings is 1. The lowest BCUT2D eigenvalue weighted by Crippen LogP contribution is -2.34. The lowest BCUT2D eigenvalue weighted by Gasteiger charge is -2.19. The minimum atomic E-state index is -0.162. The van der Waals surface area contributed by atoms with E-state index >= 15 is 0 Å². The molecule has 5 heteroatoms. The van der Waals surface area contributed by atoms with Crippen LogP contribution in [-0.4, -0.2) is 24.1 Å². The summed E-state index contributed by atoms with van der Waals surface area (Å²) in [6.07, 6.45) is 8.63. The van der Waals surface area contributed by atoms with Crippen molar-refractivity contribution in [1.82, 2.24) is 9.88 Å². The van der Waals surface area contributed by atoms with Crippen LogP contribution in [0.4, 0.5) is 0 Å². The number of amides is 1. The van der Waals surface area contributed by atoms with Crippen LogP contribution in [0.3, 0.4) is 0 Å². The molecule has 1 N–H and O–H groups in total. The van der Waals surface area contributed by atoms with E-state index in [1.807, 2.05) is 6.92 Å².